The van der Waals surface area contributed by atoms with Crippen molar-refractivity contribution >= 4 is 49.5 Å². The van der Waals surface area contributed by atoms with Crippen LogP contribution in [-0.2, 0) is 10.0 Å². The highest BCUT2D eigenvalue weighted by Gasteiger charge is 2.20. The van der Waals surface area contributed by atoms with Crippen LogP contribution in [0.1, 0.15) is 4.88 Å². The summed E-state index contributed by atoms with van der Waals surface area (Å²) in [6.45, 7) is 1.78. The fourth-order valence-corrected chi connectivity index (χ4v) is 6.19. The van der Waals surface area contributed by atoms with Crippen LogP contribution in [0.15, 0.2) is 94.2 Å². The van der Waals surface area contributed by atoms with Gasteiger partial charge in [0.1, 0.15) is 10.0 Å². The van der Waals surface area contributed by atoms with E-state index in [1.165, 1.54) is 16.8 Å². The number of aromatic nitrogens is 2. The third-order valence-corrected chi connectivity index (χ3v) is 8.67. The van der Waals surface area contributed by atoms with Crippen LogP contribution in [0.3, 0.4) is 0 Å². The highest BCUT2D eigenvalue weighted by atomic mass is 32.2. The van der Waals surface area contributed by atoms with Crippen LogP contribution in [-0.4, -0.2) is 31.0 Å². The van der Waals surface area contributed by atoms with Crippen molar-refractivity contribution in [3.05, 3.63) is 100 Å². The maximum Gasteiger partial charge on any atom is 0.333 e. The summed E-state index contributed by atoms with van der Waals surface area (Å²) in [6.07, 6.45) is 3.11. The molecule has 5 rings (SSSR count). The number of hydrogen-bond donors (Lipinski definition) is 3. The Hall–Kier alpha value is -4.48. The van der Waals surface area contributed by atoms with Gasteiger partial charge >= 0.3 is 6.03 Å². The summed E-state index contributed by atoms with van der Waals surface area (Å²) in [5.41, 5.74) is 2.70. The van der Waals surface area contributed by atoms with Gasteiger partial charge in [-0.2, -0.15) is 0 Å². The second kappa shape index (κ2) is 10.1. The lowest BCUT2D eigenvalue weighted by molar-refractivity contribution is 0.256. The van der Waals surface area contributed by atoms with E-state index in [-0.39, 0.29) is 15.5 Å². The van der Waals surface area contributed by atoms with E-state index in [2.05, 4.69) is 15.6 Å². The van der Waals surface area contributed by atoms with E-state index in [1.807, 2.05) is 54.2 Å². The van der Waals surface area contributed by atoms with Gasteiger partial charge in [0, 0.05) is 34.8 Å². The second-order valence-corrected chi connectivity index (χ2v) is 11.6. The molecule has 0 saturated heterocycles. The molecule has 2 amide bonds. The first-order valence-electron chi connectivity index (χ1n) is 11.5. The zero-order valence-electron chi connectivity index (χ0n) is 20.4. The Kier molecular flexibility index (Phi) is 6.70. The number of carbonyl (C=O) groups excluding carboxylic acids is 1. The van der Waals surface area contributed by atoms with Gasteiger partial charge in [0.25, 0.3) is 15.6 Å². The molecular weight excluding hydrogens is 522 g/mol. The number of hydrogen-bond acceptors (Lipinski definition) is 7. The van der Waals surface area contributed by atoms with Crippen molar-refractivity contribution in [3.63, 3.8) is 0 Å². The molecule has 192 valence electrons. The van der Waals surface area contributed by atoms with Crippen molar-refractivity contribution in [1.82, 2.24) is 14.3 Å². The molecule has 0 radical (unpaired) electrons. The number of nitrogens with zero attached hydrogens (tertiary/aromatic N) is 2. The number of urea groups is 1. The monoisotopic (exact) mass is 545 g/mol. The molecule has 3 heterocycles. The minimum atomic E-state index is -3.99. The van der Waals surface area contributed by atoms with Gasteiger partial charge in [-0.1, -0.05) is 30.3 Å². The Morgan fingerprint density at radius 3 is 2.37 bits per heavy atom. The third-order valence-electron chi connectivity index (χ3n) is 5.85. The van der Waals surface area contributed by atoms with Gasteiger partial charge in [-0.05, 0) is 60.3 Å². The molecule has 0 atom stereocenters. The Balaban J connectivity index is 1.46. The average Bonchev–Trinajstić information content (AvgIpc) is 3.37. The first-order chi connectivity index (χ1) is 18.2. The van der Waals surface area contributed by atoms with Crippen molar-refractivity contribution in [2.75, 3.05) is 17.7 Å². The number of nitrogens with one attached hydrogen (secondary N) is 3. The van der Waals surface area contributed by atoms with Crippen LogP contribution in [0, 0.1) is 6.92 Å². The van der Waals surface area contributed by atoms with E-state index < -0.39 is 16.1 Å². The molecule has 38 heavy (non-hydrogen) atoms. The van der Waals surface area contributed by atoms with Crippen LogP contribution in [0.2, 0.25) is 0 Å². The normalized spacial score (nSPS) is 11.3. The highest BCUT2D eigenvalue weighted by Crippen LogP contribution is 2.29. The minimum Gasteiger partial charge on any atom is -0.388 e. The van der Waals surface area contributed by atoms with Crippen LogP contribution in [0.25, 0.3) is 27.7 Å². The minimum absolute atomic E-state index is 0.0466. The number of sulfonamides is 1. The summed E-state index contributed by atoms with van der Waals surface area (Å²) >= 11 is 1.07. The molecule has 5 aromatic rings. The number of rotatable bonds is 6. The van der Waals surface area contributed by atoms with Crippen molar-refractivity contribution in [2.45, 2.75) is 11.1 Å². The number of pyridine rings is 2. The Morgan fingerprint density at radius 1 is 0.947 bits per heavy atom. The summed E-state index contributed by atoms with van der Waals surface area (Å²) < 4.78 is 28.3. The summed E-state index contributed by atoms with van der Waals surface area (Å²) in [7, 11) is -2.16. The number of benzene rings is 2. The number of fused-ring (bicyclic) bond motifs is 1. The van der Waals surface area contributed by atoms with Crippen molar-refractivity contribution in [1.29, 1.82) is 0 Å². The van der Waals surface area contributed by atoms with Crippen LogP contribution in [0.4, 0.5) is 16.2 Å². The molecule has 0 fully saturated rings. The topological polar surface area (TPSA) is 122 Å². The van der Waals surface area contributed by atoms with E-state index in [0.29, 0.717) is 11.2 Å². The van der Waals surface area contributed by atoms with Gasteiger partial charge in [-0.3, -0.25) is 9.36 Å². The van der Waals surface area contributed by atoms with Gasteiger partial charge in [-0.25, -0.2) is 22.9 Å². The summed E-state index contributed by atoms with van der Waals surface area (Å²) in [6, 6.07) is 20.6. The molecule has 11 heteroatoms. The van der Waals surface area contributed by atoms with Crippen LogP contribution < -0.4 is 20.9 Å². The summed E-state index contributed by atoms with van der Waals surface area (Å²) in [4.78, 5) is 30.9. The zero-order chi connectivity index (χ0) is 26.9. The molecule has 0 aliphatic heterocycles. The molecule has 0 aliphatic rings. The molecule has 9 nitrogen and oxygen atoms in total. The lowest BCUT2D eigenvalue weighted by atomic mass is 10.00. The highest BCUT2D eigenvalue weighted by molar-refractivity contribution is 7.92. The molecular formula is C27H23N5O4S2. The van der Waals surface area contributed by atoms with E-state index in [4.69, 9.17) is 0 Å². The van der Waals surface area contributed by atoms with Gasteiger partial charge in [-0.15, -0.1) is 11.3 Å². The van der Waals surface area contributed by atoms with Crippen molar-refractivity contribution in [3.8, 4) is 16.9 Å². The largest absolute Gasteiger partial charge is 0.388 e. The molecule has 3 N–H and O–H groups in total. The fourth-order valence-electron chi connectivity index (χ4n) is 4.00. The quantitative estimate of drug-likeness (QED) is 0.277. The Labute approximate surface area is 222 Å². The maximum atomic E-state index is 13.4. The molecule has 0 aliphatic carbocycles. The number of thiophene rings is 1. The van der Waals surface area contributed by atoms with Crippen LogP contribution >= 0.6 is 11.3 Å². The first kappa shape index (κ1) is 25.2. The first-order valence-corrected chi connectivity index (χ1v) is 13.8. The zero-order valence-corrected chi connectivity index (χ0v) is 22.1. The Morgan fingerprint density at radius 2 is 1.71 bits per heavy atom. The number of aryl methyl sites for hydroxylation is 1. The van der Waals surface area contributed by atoms with E-state index in [1.54, 1.807) is 37.4 Å². The fraction of sp³-hybridized carbons (Fsp3) is 0.0741. The molecule has 0 spiro atoms. The van der Waals surface area contributed by atoms with Crippen molar-refractivity contribution < 1.29 is 13.2 Å². The van der Waals surface area contributed by atoms with Gasteiger partial charge in [0.05, 0.1) is 11.9 Å². The molecule has 0 bridgehead atoms. The molecule has 0 unspecified atom stereocenters. The average molecular weight is 546 g/mol. The lowest BCUT2D eigenvalue weighted by Gasteiger charge is -2.14. The summed E-state index contributed by atoms with van der Waals surface area (Å²) in [5.74, 6) is 0.347. The van der Waals surface area contributed by atoms with Gasteiger partial charge in [0.2, 0.25) is 0 Å². The second-order valence-electron chi connectivity index (χ2n) is 8.42. The predicted molar refractivity (Wildman–Crippen MR) is 151 cm³/mol. The predicted octanol–water partition coefficient (Wildman–Crippen LogP) is 4.97. The van der Waals surface area contributed by atoms with Gasteiger partial charge in [0.15, 0.2) is 0 Å². The third kappa shape index (κ3) is 5.01. The lowest BCUT2D eigenvalue weighted by Crippen LogP contribution is -2.34. The molecule has 3 aromatic heterocycles. The summed E-state index contributed by atoms with van der Waals surface area (Å²) in [5, 5.41) is 6.91. The van der Waals surface area contributed by atoms with E-state index in [9.17, 15) is 18.0 Å². The SMILES string of the molecule is CNc1ccc2c(=O)n(-c3ccc(NC(=O)NS(=O)(=O)c4ccc(C)s4)cn3)cc(-c3ccccc3)c2c1. The Bertz CT molecular complexity index is 1810. The number of amides is 2. The van der Waals surface area contributed by atoms with Crippen LogP contribution in [0.5, 0.6) is 0 Å². The number of carbonyl (C=O) groups is 1. The van der Waals surface area contributed by atoms with Gasteiger partial charge < -0.3 is 10.6 Å². The molecule has 0 saturated carbocycles. The maximum absolute atomic E-state index is 13.4. The number of anilines is 2. The molecule has 2 aromatic carbocycles. The van der Waals surface area contributed by atoms with E-state index in [0.717, 1.165) is 38.4 Å². The standard InChI is InChI=1S/C27H23N5O4S2/c1-17-8-13-25(37-17)38(35,36)31-27(34)30-20-10-12-24(29-15-20)32-16-23(18-6-4-3-5-7-18)22-14-19(28-2)9-11-21(22)26(32)33/h3-16,28H,1-2H3,(H2,30,31,34). The van der Waals surface area contributed by atoms with E-state index >= 15 is 0 Å². The smallest absolute Gasteiger partial charge is 0.333 e. The van der Waals surface area contributed by atoms with Crippen molar-refractivity contribution in [2.24, 2.45) is 0 Å².